The molecular formula is C15H14ClNO4S. The van der Waals surface area contributed by atoms with E-state index in [0.717, 1.165) is 5.56 Å². The molecule has 0 bridgehead atoms. The van der Waals surface area contributed by atoms with Crippen molar-refractivity contribution in [3.05, 3.63) is 53.6 Å². The Bertz CT molecular complexity index is 801. The maximum absolute atomic E-state index is 12.4. The van der Waals surface area contributed by atoms with Crippen LogP contribution in [0.4, 0.5) is 5.69 Å². The zero-order chi connectivity index (χ0) is 16.3. The SMILES string of the molecule is COc1ccc(S(=O)(=O)Nc2ccc(C)cc2)cc1C(=O)Cl. The molecule has 2 rings (SSSR count). The molecule has 0 unspecified atom stereocenters. The quantitative estimate of drug-likeness (QED) is 0.849. The smallest absolute Gasteiger partial charge is 0.261 e. The molecule has 0 saturated carbocycles. The number of halogens is 1. The van der Waals surface area contributed by atoms with Crippen LogP contribution < -0.4 is 9.46 Å². The largest absolute Gasteiger partial charge is 0.496 e. The summed E-state index contributed by atoms with van der Waals surface area (Å²) in [6.45, 7) is 1.90. The van der Waals surface area contributed by atoms with Crippen molar-refractivity contribution in [3.8, 4) is 5.75 Å². The number of benzene rings is 2. The van der Waals surface area contributed by atoms with E-state index in [-0.39, 0.29) is 16.2 Å². The Morgan fingerprint density at radius 3 is 2.32 bits per heavy atom. The van der Waals surface area contributed by atoms with Crippen LogP contribution in [-0.2, 0) is 10.0 Å². The molecule has 0 aliphatic carbocycles. The third-order valence-corrected chi connectivity index (χ3v) is 4.58. The minimum absolute atomic E-state index is 0.00375. The van der Waals surface area contributed by atoms with Gasteiger partial charge >= 0.3 is 0 Å². The summed E-state index contributed by atoms with van der Waals surface area (Å²) in [7, 11) is -2.45. The molecule has 0 amide bonds. The zero-order valence-corrected chi connectivity index (χ0v) is 13.5. The fourth-order valence-electron chi connectivity index (χ4n) is 1.84. The monoisotopic (exact) mass is 339 g/mol. The molecule has 0 aliphatic heterocycles. The van der Waals surface area contributed by atoms with E-state index in [1.807, 2.05) is 6.92 Å². The summed E-state index contributed by atoms with van der Waals surface area (Å²) in [6, 6.07) is 10.8. The van der Waals surface area contributed by atoms with Crippen LogP contribution in [0.15, 0.2) is 47.4 Å². The van der Waals surface area contributed by atoms with Gasteiger partial charge in [-0.05, 0) is 48.9 Å². The summed E-state index contributed by atoms with van der Waals surface area (Å²) >= 11 is 5.45. The number of methoxy groups -OCH3 is 1. The standard InChI is InChI=1S/C15H14ClNO4S/c1-10-3-5-11(6-4-10)17-22(19,20)12-7-8-14(21-2)13(9-12)15(16)18/h3-9,17H,1-2H3. The summed E-state index contributed by atoms with van der Waals surface area (Å²) in [5.74, 6) is 0.217. The van der Waals surface area contributed by atoms with Crippen molar-refractivity contribution in [1.82, 2.24) is 0 Å². The molecule has 0 aromatic heterocycles. The van der Waals surface area contributed by atoms with Crippen molar-refractivity contribution in [2.45, 2.75) is 11.8 Å². The third-order valence-electron chi connectivity index (χ3n) is 3.00. The molecular weight excluding hydrogens is 326 g/mol. The molecule has 0 fully saturated rings. The number of sulfonamides is 1. The van der Waals surface area contributed by atoms with Gasteiger partial charge in [0, 0.05) is 5.69 Å². The molecule has 0 heterocycles. The number of aryl methyl sites for hydroxylation is 1. The van der Waals surface area contributed by atoms with E-state index in [2.05, 4.69) is 4.72 Å². The van der Waals surface area contributed by atoms with Crippen LogP contribution in [0.2, 0.25) is 0 Å². The van der Waals surface area contributed by atoms with Gasteiger partial charge in [-0.25, -0.2) is 8.42 Å². The summed E-state index contributed by atoms with van der Waals surface area (Å²) in [5, 5.41) is -0.788. The first-order valence-corrected chi connectivity index (χ1v) is 8.17. The highest BCUT2D eigenvalue weighted by molar-refractivity contribution is 7.92. The lowest BCUT2D eigenvalue weighted by Crippen LogP contribution is -2.13. The highest BCUT2D eigenvalue weighted by atomic mass is 35.5. The molecule has 1 N–H and O–H groups in total. The summed E-state index contributed by atoms with van der Waals surface area (Å²) in [6.07, 6.45) is 0. The van der Waals surface area contributed by atoms with Crippen LogP contribution in [0.3, 0.4) is 0 Å². The lowest BCUT2D eigenvalue weighted by molar-refractivity contribution is 0.107. The molecule has 5 nitrogen and oxygen atoms in total. The number of hydrogen-bond donors (Lipinski definition) is 1. The molecule has 0 spiro atoms. The molecule has 0 aliphatic rings. The normalized spacial score (nSPS) is 11.0. The van der Waals surface area contributed by atoms with Crippen LogP contribution in [0, 0.1) is 6.92 Å². The van der Waals surface area contributed by atoms with Crippen molar-refractivity contribution >= 4 is 32.6 Å². The molecule has 0 radical (unpaired) electrons. The molecule has 0 atom stereocenters. The maximum Gasteiger partial charge on any atom is 0.261 e. The topological polar surface area (TPSA) is 72.5 Å². The minimum Gasteiger partial charge on any atom is -0.496 e. The first-order chi connectivity index (χ1) is 10.3. The van der Waals surface area contributed by atoms with Gasteiger partial charge in [-0.2, -0.15) is 0 Å². The van der Waals surface area contributed by atoms with E-state index in [1.165, 1.54) is 25.3 Å². The van der Waals surface area contributed by atoms with E-state index < -0.39 is 15.3 Å². The van der Waals surface area contributed by atoms with Crippen LogP contribution in [0.5, 0.6) is 5.75 Å². The van der Waals surface area contributed by atoms with Crippen LogP contribution in [0.25, 0.3) is 0 Å². The Morgan fingerprint density at radius 2 is 1.77 bits per heavy atom. The van der Waals surface area contributed by atoms with E-state index >= 15 is 0 Å². The molecule has 0 saturated heterocycles. The number of carbonyl (C=O) groups is 1. The summed E-state index contributed by atoms with van der Waals surface area (Å²) in [5.41, 5.74) is 1.44. The lowest BCUT2D eigenvalue weighted by atomic mass is 10.2. The second-order valence-electron chi connectivity index (χ2n) is 4.61. The van der Waals surface area contributed by atoms with Gasteiger partial charge in [0.2, 0.25) is 0 Å². The predicted molar refractivity (Wildman–Crippen MR) is 85.2 cm³/mol. The number of carbonyl (C=O) groups excluding carboxylic acids is 1. The van der Waals surface area contributed by atoms with Gasteiger partial charge in [0.1, 0.15) is 5.75 Å². The second kappa shape index (κ2) is 6.37. The summed E-state index contributed by atoms with van der Waals surface area (Å²) < 4.78 is 32.1. The third kappa shape index (κ3) is 3.58. The van der Waals surface area contributed by atoms with Gasteiger partial charge in [-0.3, -0.25) is 9.52 Å². The molecule has 22 heavy (non-hydrogen) atoms. The van der Waals surface area contributed by atoms with Gasteiger partial charge in [-0.15, -0.1) is 0 Å². The fraction of sp³-hybridized carbons (Fsp3) is 0.133. The highest BCUT2D eigenvalue weighted by Crippen LogP contribution is 2.25. The van der Waals surface area contributed by atoms with Crippen LogP contribution in [0.1, 0.15) is 15.9 Å². The maximum atomic E-state index is 12.4. The Kier molecular flexibility index (Phi) is 4.73. The number of nitrogens with one attached hydrogen (secondary N) is 1. The minimum atomic E-state index is -3.82. The Morgan fingerprint density at radius 1 is 1.14 bits per heavy atom. The number of rotatable bonds is 5. The second-order valence-corrected chi connectivity index (χ2v) is 6.63. The fourth-order valence-corrected chi connectivity index (χ4v) is 3.08. The molecule has 116 valence electrons. The van der Waals surface area contributed by atoms with Gasteiger partial charge in [0.15, 0.2) is 0 Å². The Labute approximate surface area is 133 Å². The van der Waals surface area contributed by atoms with Crippen LogP contribution in [-0.4, -0.2) is 20.8 Å². The van der Waals surface area contributed by atoms with Gasteiger partial charge in [0.25, 0.3) is 15.3 Å². The van der Waals surface area contributed by atoms with Gasteiger partial charge in [-0.1, -0.05) is 17.7 Å². The summed E-state index contributed by atoms with van der Waals surface area (Å²) in [4.78, 5) is 11.3. The van der Waals surface area contributed by atoms with Gasteiger partial charge < -0.3 is 4.74 Å². The van der Waals surface area contributed by atoms with E-state index in [9.17, 15) is 13.2 Å². The van der Waals surface area contributed by atoms with Crippen molar-refractivity contribution in [2.75, 3.05) is 11.8 Å². The van der Waals surface area contributed by atoms with Crippen molar-refractivity contribution in [1.29, 1.82) is 0 Å². The Balaban J connectivity index is 2.39. The molecule has 2 aromatic carbocycles. The van der Waals surface area contributed by atoms with E-state index in [1.54, 1.807) is 24.3 Å². The first-order valence-electron chi connectivity index (χ1n) is 6.31. The molecule has 7 heteroatoms. The zero-order valence-electron chi connectivity index (χ0n) is 12.0. The lowest BCUT2D eigenvalue weighted by Gasteiger charge is -2.11. The number of anilines is 1. The first kappa shape index (κ1) is 16.3. The van der Waals surface area contributed by atoms with E-state index in [0.29, 0.717) is 5.69 Å². The van der Waals surface area contributed by atoms with E-state index in [4.69, 9.17) is 16.3 Å². The average Bonchev–Trinajstić information content (AvgIpc) is 2.48. The van der Waals surface area contributed by atoms with Crippen molar-refractivity contribution in [2.24, 2.45) is 0 Å². The highest BCUT2D eigenvalue weighted by Gasteiger charge is 2.19. The van der Waals surface area contributed by atoms with Crippen LogP contribution >= 0.6 is 11.6 Å². The predicted octanol–water partition coefficient (Wildman–Crippen LogP) is 3.18. The number of hydrogen-bond acceptors (Lipinski definition) is 4. The van der Waals surface area contributed by atoms with Gasteiger partial charge in [0.05, 0.1) is 17.6 Å². The van der Waals surface area contributed by atoms with Crippen molar-refractivity contribution in [3.63, 3.8) is 0 Å². The number of ether oxygens (including phenoxy) is 1. The van der Waals surface area contributed by atoms with Crippen molar-refractivity contribution < 1.29 is 17.9 Å². The Hall–Kier alpha value is -2.05. The molecule has 2 aromatic rings. The average molecular weight is 340 g/mol.